The molecule has 0 bridgehead atoms. The number of hydrogen-bond donors (Lipinski definition) is 3. The maximum absolute atomic E-state index is 12.5. The van der Waals surface area contributed by atoms with Gasteiger partial charge < -0.3 is 20.5 Å². The van der Waals surface area contributed by atoms with Gasteiger partial charge in [0.2, 0.25) is 5.91 Å². The maximum Gasteiger partial charge on any atom is 0.407 e. The summed E-state index contributed by atoms with van der Waals surface area (Å²) < 4.78 is 5.51. The fourth-order valence-corrected chi connectivity index (χ4v) is 4.46. The Morgan fingerprint density at radius 1 is 1.00 bits per heavy atom. The molecule has 3 aromatic carbocycles. The van der Waals surface area contributed by atoms with Gasteiger partial charge in [-0.3, -0.25) is 4.79 Å². The molecule has 2 amide bonds. The van der Waals surface area contributed by atoms with Gasteiger partial charge in [0, 0.05) is 29.1 Å². The Labute approximate surface area is 208 Å². The average molecular weight is 493 g/mol. The number of hydrogen-bond acceptors (Lipinski definition) is 4. The molecule has 0 radical (unpaired) electrons. The van der Waals surface area contributed by atoms with Gasteiger partial charge in [-0.2, -0.15) is 0 Å². The van der Waals surface area contributed by atoms with E-state index >= 15 is 0 Å². The number of amides is 2. The number of aromatic carboxylic acids is 1. The molecule has 1 unspecified atom stereocenters. The number of carbonyl (C=O) groups excluding carboxylic acids is 2. The Bertz CT molecular complexity index is 1230. The highest BCUT2D eigenvalue weighted by molar-refractivity contribution is 6.31. The van der Waals surface area contributed by atoms with Gasteiger partial charge in [0.05, 0.1) is 5.56 Å². The second-order valence-corrected chi connectivity index (χ2v) is 8.90. The minimum atomic E-state index is -1.14. The maximum atomic E-state index is 12.5. The van der Waals surface area contributed by atoms with Crippen LogP contribution in [0.4, 0.5) is 10.5 Å². The fraction of sp³-hybridized carbons (Fsp3) is 0.222. The van der Waals surface area contributed by atoms with E-state index in [0.29, 0.717) is 12.1 Å². The zero-order valence-corrected chi connectivity index (χ0v) is 19.8. The number of carboxylic acids is 1. The van der Waals surface area contributed by atoms with Gasteiger partial charge in [0.15, 0.2) is 0 Å². The third kappa shape index (κ3) is 5.63. The predicted molar refractivity (Wildman–Crippen MR) is 134 cm³/mol. The van der Waals surface area contributed by atoms with Crippen molar-refractivity contribution in [3.05, 3.63) is 88.4 Å². The summed E-state index contributed by atoms with van der Waals surface area (Å²) in [5.74, 6) is -1.90. The molecule has 7 nitrogen and oxygen atoms in total. The van der Waals surface area contributed by atoms with E-state index in [9.17, 15) is 14.4 Å². The van der Waals surface area contributed by atoms with Gasteiger partial charge in [0.25, 0.3) is 0 Å². The molecule has 0 spiro atoms. The molecular formula is C27H25ClN2O5. The molecule has 35 heavy (non-hydrogen) atoms. The van der Waals surface area contributed by atoms with Crippen LogP contribution >= 0.6 is 11.6 Å². The van der Waals surface area contributed by atoms with Crippen molar-refractivity contribution in [2.75, 3.05) is 18.5 Å². The van der Waals surface area contributed by atoms with Crippen molar-refractivity contribution in [3.63, 3.8) is 0 Å². The number of ether oxygens (including phenoxy) is 1. The molecule has 1 aliphatic carbocycles. The molecule has 0 heterocycles. The Hall–Kier alpha value is -3.84. The number of carboxylic acid groups (broad SMARTS) is 1. The van der Waals surface area contributed by atoms with Gasteiger partial charge in [0.1, 0.15) is 6.61 Å². The van der Waals surface area contributed by atoms with Crippen LogP contribution in [0.2, 0.25) is 5.02 Å². The highest BCUT2D eigenvalue weighted by Gasteiger charge is 2.29. The molecule has 3 aromatic rings. The first-order valence-electron chi connectivity index (χ1n) is 11.3. The molecule has 0 saturated heterocycles. The monoisotopic (exact) mass is 492 g/mol. The second kappa shape index (κ2) is 10.6. The number of alkyl carbamates (subject to hydrolysis) is 1. The van der Waals surface area contributed by atoms with E-state index in [1.54, 1.807) is 6.92 Å². The van der Waals surface area contributed by atoms with E-state index in [1.165, 1.54) is 18.2 Å². The van der Waals surface area contributed by atoms with Crippen molar-refractivity contribution in [1.29, 1.82) is 0 Å². The standard InChI is InChI=1S/C27H25ClN2O5/c1-16(25(31)30-19-13-17(26(32)33)12-18(28)14-19)10-11-29-27(34)35-15-24-22-8-4-2-6-20(22)21-7-3-5-9-23(21)24/h2-9,12-14,16,24H,10-11,15H2,1H3,(H,29,34)(H,30,31)(H,32,33). The van der Waals surface area contributed by atoms with E-state index in [4.69, 9.17) is 21.4 Å². The Morgan fingerprint density at radius 3 is 2.26 bits per heavy atom. The van der Waals surface area contributed by atoms with Crippen LogP contribution in [0, 0.1) is 5.92 Å². The third-order valence-corrected chi connectivity index (χ3v) is 6.27. The first-order valence-corrected chi connectivity index (χ1v) is 11.6. The lowest BCUT2D eigenvalue weighted by molar-refractivity contribution is -0.119. The molecule has 0 saturated carbocycles. The lowest BCUT2D eigenvalue weighted by atomic mass is 9.98. The molecule has 8 heteroatoms. The number of fused-ring (bicyclic) bond motifs is 3. The van der Waals surface area contributed by atoms with Crippen molar-refractivity contribution in [3.8, 4) is 11.1 Å². The van der Waals surface area contributed by atoms with Crippen molar-refractivity contribution >= 4 is 35.3 Å². The van der Waals surface area contributed by atoms with Crippen molar-refractivity contribution < 1.29 is 24.2 Å². The summed E-state index contributed by atoms with van der Waals surface area (Å²) in [4.78, 5) is 35.9. The van der Waals surface area contributed by atoms with Gasteiger partial charge in [-0.25, -0.2) is 9.59 Å². The quantitative estimate of drug-likeness (QED) is 0.383. The zero-order chi connectivity index (χ0) is 24.9. The molecule has 3 N–H and O–H groups in total. The SMILES string of the molecule is CC(CCNC(=O)OCC1c2ccccc2-c2ccccc21)C(=O)Nc1cc(Cl)cc(C(=O)O)c1. The van der Waals surface area contributed by atoms with E-state index in [2.05, 4.69) is 34.9 Å². The minimum Gasteiger partial charge on any atom is -0.478 e. The number of anilines is 1. The number of rotatable bonds is 8. The number of nitrogens with one attached hydrogen (secondary N) is 2. The van der Waals surface area contributed by atoms with Crippen LogP contribution in [0.1, 0.15) is 40.7 Å². The lowest BCUT2D eigenvalue weighted by Gasteiger charge is -2.16. The van der Waals surface area contributed by atoms with E-state index in [0.717, 1.165) is 22.3 Å². The highest BCUT2D eigenvalue weighted by atomic mass is 35.5. The summed E-state index contributed by atoms with van der Waals surface area (Å²) in [6.07, 6.45) is -0.164. The van der Waals surface area contributed by atoms with Gasteiger partial charge in [-0.1, -0.05) is 67.1 Å². The fourth-order valence-electron chi connectivity index (χ4n) is 4.22. The Balaban J connectivity index is 1.26. The molecule has 1 atom stereocenters. The van der Waals surface area contributed by atoms with Crippen molar-refractivity contribution in [1.82, 2.24) is 5.32 Å². The van der Waals surface area contributed by atoms with Crippen LogP contribution in [0.25, 0.3) is 11.1 Å². The second-order valence-electron chi connectivity index (χ2n) is 8.47. The van der Waals surface area contributed by atoms with Crippen molar-refractivity contribution in [2.24, 2.45) is 5.92 Å². The molecule has 180 valence electrons. The topological polar surface area (TPSA) is 105 Å². The summed E-state index contributed by atoms with van der Waals surface area (Å²) >= 11 is 5.93. The predicted octanol–water partition coefficient (Wildman–Crippen LogP) is 5.54. The van der Waals surface area contributed by atoms with E-state index in [1.807, 2.05) is 24.3 Å². The number of carbonyl (C=O) groups is 3. The van der Waals surface area contributed by atoms with Crippen LogP contribution < -0.4 is 10.6 Å². The summed E-state index contributed by atoms with van der Waals surface area (Å²) in [7, 11) is 0. The third-order valence-electron chi connectivity index (χ3n) is 6.05. The highest BCUT2D eigenvalue weighted by Crippen LogP contribution is 2.44. The van der Waals surface area contributed by atoms with E-state index in [-0.39, 0.29) is 35.6 Å². The summed E-state index contributed by atoms with van der Waals surface area (Å²) in [6.45, 7) is 2.19. The van der Waals surface area contributed by atoms with Crippen molar-refractivity contribution in [2.45, 2.75) is 19.3 Å². The molecule has 4 rings (SSSR count). The smallest absolute Gasteiger partial charge is 0.407 e. The normalized spacial score (nSPS) is 12.9. The van der Waals surface area contributed by atoms with E-state index < -0.39 is 18.0 Å². The summed E-state index contributed by atoms with van der Waals surface area (Å²) in [5, 5.41) is 14.7. The van der Waals surface area contributed by atoms with Crippen LogP contribution in [0.5, 0.6) is 0 Å². The Morgan fingerprint density at radius 2 is 1.63 bits per heavy atom. The van der Waals surface area contributed by atoms with Crippen LogP contribution in [0.15, 0.2) is 66.7 Å². The van der Waals surface area contributed by atoms with Gasteiger partial charge >= 0.3 is 12.1 Å². The summed E-state index contributed by atoms with van der Waals surface area (Å²) in [5.41, 5.74) is 4.88. The minimum absolute atomic E-state index is 0.0163. The Kier molecular flexibility index (Phi) is 7.36. The molecule has 1 aliphatic rings. The largest absolute Gasteiger partial charge is 0.478 e. The molecule has 0 aromatic heterocycles. The first-order chi connectivity index (χ1) is 16.8. The number of halogens is 1. The summed E-state index contributed by atoms with van der Waals surface area (Å²) in [6, 6.07) is 20.4. The zero-order valence-electron chi connectivity index (χ0n) is 19.1. The molecule has 0 fully saturated rings. The van der Waals surface area contributed by atoms with Crippen LogP contribution in [-0.2, 0) is 9.53 Å². The lowest BCUT2D eigenvalue weighted by Crippen LogP contribution is -2.30. The molecule has 0 aliphatic heterocycles. The van der Waals surface area contributed by atoms with Crippen LogP contribution in [-0.4, -0.2) is 36.2 Å². The average Bonchev–Trinajstić information content (AvgIpc) is 3.16. The molecular weight excluding hydrogens is 468 g/mol. The van der Waals surface area contributed by atoms with Crippen LogP contribution in [0.3, 0.4) is 0 Å². The number of benzene rings is 3. The van der Waals surface area contributed by atoms with Gasteiger partial charge in [-0.05, 0) is 46.9 Å². The first kappa shape index (κ1) is 24.3. The van der Waals surface area contributed by atoms with Gasteiger partial charge in [-0.15, -0.1) is 0 Å².